The van der Waals surface area contributed by atoms with E-state index in [-0.39, 0.29) is 11.9 Å². The van der Waals surface area contributed by atoms with Crippen LogP contribution in [0.5, 0.6) is 0 Å². The number of esters is 1. The Morgan fingerprint density at radius 2 is 1.48 bits per heavy atom. The van der Waals surface area contributed by atoms with Gasteiger partial charge in [-0.15, -0.1) is 0 Å². The number of ether oxygens (including phenoxy) is 1. The fraction of sp³-hybridized carbons (Fsp3) is 0.826. The van der Waals surface area contributed by atoms with Crippen molar-refractivity contribution in [2.24, 2.45) is 0 Å². The molecule has 0 aromatic heterocycles. The van der Waals surface area contributed by atoms with Crippen LogP contribution in [0.25, 0.3) is 0 Å². The van der Waals surface area contributed by atoms with Gasteiger partial charge in [-0.2, -0.15) is 0 Å². The maximum Gasteiger partial charge on any atom is 0.328 e. The zero-order chi connectivity index (χ0) is 19.6. The SMILES string of the molecule is CCCCCCCCC/C=C/CCCCCCCOC(=O)[C@@H]1CCC(=O)N1. The van der Waals surface area contributed by atoms with Crippen LogP contribution in [0.4, 0.5) is 0 Å². The second-order valence-electron chi connectivity index (χ2n) is 7.76. The lowest BCUT2D eigenvalue weighted by Gasteiger charge is -2.09. The molecule has 1 N–H and O–H groups in total. The second kappa shape index (κ2) is 16.8. The lowest BCUT2D eigenvalue weighted by atomic mass is 10.1. The molecule has 1 aliphatic rings. The van der Waals surface area contributed by atoms with Crippen molar-refractivity contribution >= 4 is 11.9 Å². The molecule has 1 saturated heterocycles. The highest BCUT2D eigenvalue weighted by Crippen LogP contribution is 2.11. The Morgan fingerprint density at radius 3 is 2.04 bits per heavy atom. The molecule has 0 aromatic rings. The van der Waals surface area contributed by atoms with Crippen LogP contribution in [0.2, 0.25) is 0 Å². The molecule has 0 aliphatic carbocycles. The van der Waals surface area contributed by atoms with Crippen molar-refractivity contribution in [1.29, 1.82) is 0 Å². The molecule has 0 aromatic carbocycles. The minimum absolute atomic E-state index is 0.0478. The third-order valence-electron chi connectivity index (χ3n) is 5.18. The Bertz CT molecular complexity index is 420. The summed E-state index contributed by atoms with van der Waals surface area (Å²) in [5.74, 6) is -0.319. The summed E-state index contributed by atoms with van der Waals surface area (Å²) in [6, 6.07) is -0.412. The van der Waals surface area contributed by atoms with Gasteiger partial charge in [0.15, 0.2) is 0 Å². The molecule has 27 heavy (non-hydrogen) atoms. The number of allylic oxidation sites excluding steroid dienone is 2. The number of amides is 1. The van der Waals surface area contributed by atoms with Gasteiger partial charge in [-0.05, 0) is 38.5 Å². The molecule has 1 atom stereocenters. The van der Waals surface area contributed by atoms with Crippen LogP contribution in [-0.4, -0.2) is 24.5 Å². The number of carbonyl (C=O) groups excluding carboxylic acids is 2. The van der Waals surface area contributed by atoms with Crippen LogP contribution in [0, 0.1) is 0 Å². The van der Waals surface area contributed by atoms with E-state index in [0.717, 1.165) is 12.8 Å². The normalized spacial score (nSPS) is 16.8. The highest BCUT2D eigenvalue weighted by molar-refractivity contribution is 5.87. The van der Waals surface area contributed by atoms with Crippen LogP contribution in [0.15, 0.2) is 12.2 Å². The Hall–Kier alpha value is -1.32. The van der Waals surface area contributed by atoms with E-state index in [0.29, 0.717) is 19.4 Å². The van der Waals surface area contributed by atoms with Crippen molar-refractivity contribution in [2.45, 2.75) is 116 Å². The van der Waals surface area contributed by atoms with E-state index in [1.807, 2.05) is 0 Å². The molecular formula is C23H41NO3. The molecule has 156 valence electrons. The summed E-state index contributed by atoms with van der Waals surface area (Å²) in [4.78, 5) is 22.8. The standard InChI is InChI=1S/C23H41NO3/c1-2-3-4-5-6-7-8-9-10-11-12-13-14-15-16-17-20-27-23(26)21-18-19-22(25)24-21/h10-11,21H,2-9,12-20H2,1H3,(H,24,25)/b11-10+/t21-/m0/s1. The molecule has 0 spiro atoms. The molecule has 0 unspecified atom stereocenters. The van der Waals surface area contributed by atoms with Crippen molar-refractivity contribution in [3.63, 3.8) is 0 Å². The van der Waals surface area contributed by atoms with Gasteiger partial charge in [-0.25, -0.2) is 4.79 Å². The topological polar surface area (TPSA) is 55.4 Å². The summed E-state index contributed by atoms with van der Waals surface area (Å²) in [6.45, 7) is 2.74. The van der Waals surface area contributed by atoms with Crippen LogP contribution in [0.1, 0.15) is 110 Å². The summed E-state index contributed by atoms with van der Waals surface area (Å²) in [6.07, 6.45) is 23.5. The van der Waals surface area contributed by atoms with E-state index in [9.17, 15) is 9.59 Å². The lowest BCUT2D eigenvalue weighted by molar-refractivity contribution is -0.146. The zero-order valence-electron chi connectivity index (χ0n) is 17.5. The number of rotatable bonds is 17. The fourth-order valence-electron chi connectivity index (χ4n) is 3.41. The molecule has 1 heterocycles. The maximum atomic E-state index is 11.7. The van der Waals surface area contributed by atoms with Gasteiger partial charge in [-0.3, -0.25) is 4.79 Å². The number of nitrogens with one attached hydrogen (secondary N) is 1. The molecule has 1 aliphatic heterocycles. The monoisotopic (exact) mass is 379 g/mol. The molecule has 0 saturated carbocycles. The number of hydrogen-bond donors (Lipinski definition) is 1. The van der Waals surface area contributed by atoms with Crippen LogP contribution >= 0.6 is 0 Å². The molecule has 1 fully saturated rings. The summed E-state index contributed by atoms with van der Waals surface area (Å²) < 4.78 is 5.23. The highest BCUT2D eigenvalue weighted by Gasteiger charge is 2.28. The van der Waals surface area contributed by atoms with Crippen LogP contribution < -0.4 is 5.32 Å². The van der Waals surface area contributed by atoms with Gasteiger partial charge >= 0.3 is 5.97 Å². The summed E-state index contributed by atoms with van der Waals surface area (Å²) >= 11 is 0. The Labute approximate surface area is 166 Å². The fourth-order valence-corrected chi connectivity index (χ4v) is 3.41. The molecule has 1 amide bonds. The number of carbonyl (C=O) groups is 2. The Kier molecular flexibility index (Phi) is 14.8. The van der Waals surface area contributed by atoms with Crippen molar-refractivity contribution < 1.29 is 14.3 Å². The molecule has 0 radical (unpaired) electrons. The Morgan fingerprint density at radius 1 is 0.926 bits per heavy atom. The van der Waals surface area contributed by atoms with Crippen LogP contribution in [0.3, 0.4) is 0 Å². The van der Waals surface area contributed by atoms with E-state index in [4.69, 9.17) is 4.74 Å². The summed E-state index contributed by atoms with van der Waals surface area (Å²) in [5.41, 5.74) is 0. The van der Waals surface area contributed by atoms with Crippen molar-refractivity contribution in [3.05, 3.63) is 12.2 Å². The predicted octanol–water partition coefficient (Wildman–Crippen LogP) is 5.85. The smallest absolute Gasteiger partial charge is 0.328 e. The zero-order valence-corrected chi connectivity index (χ0v) is 17.5. The largest absolute Gasteiger partial charge is 0.464 e. The average Bonchev–Trinajstić information content (AvgIpc) is 3.10. The van der Waals surface area contributed by atoms with Gasteiger partial charge in [0.25, 0.3) is 0 Å². The molecule has 0 bridgehead atoms. The first-order valence-corrected chi connectivity index (χ1v) is 11.3. The number of hydrogen-bond acceptors (Lipinski definition) is 3. The van der Waals surface area contributed by atoms with Crippen molar-refractivity contribution in [1.82, 2.24) is 5.32 Å². The highest BCUT2D eigenvalue weighted by atomic mass is 16.5. The van der Waals surface area contributed by atoms with Crippen LogP contribution in [-0.2, 0) is 14.3 Å². The molecule has 4 heteroatoms. The molecule has 1 rings (SSSR count). The number of unbranched alkanes of at least 4 members (excludes halogenated alkanes) is 12. The van der Waals surface area contributed by atoms with Crippen molar-refractivity contribution in [3.8, 4) is 0 Å². The third-order valence-corrected chi connectivity index (χ3v) is 5.18. The van der Waals surface area contributed by atoms with E-state index in [2.05, 4.69) is 24.4 Å². The summed E-state index contributed by atoms with van der Waals surface area (Å²) in [7, 11) is 0. The first-order valence-electron chi connectivity index (χ1n) is 11.3. The first kappa shape index (κ1) is 23.7. The van der Waals surface area contributed by atoms with Gasteiger partial charge in [0, 0.05) is 6.42 Å². The van der Waals surface area contributed by atoms with E-state index < -0.39 is 6.04 Å². The van der Waals surface area contributed by atoms with E-state index >= 15 is 0 Å². The maximum absolute atomic E-state index is 11.7. The second-order valence-corrected chi connectivity index (χ2v) is 7.76. The van der Waals surface area contributed by atoms with Gasteiger partial charge < -0.3 is 10.1 Å². The van der Waals surface area contributed by atoms with Gasteiger partial charge in [0.2, 0.25) is 5.91 Å². The third kappa shape index (κ3) is 13.5. The minimum Gasteiger partial charge on any atom is -0.464 e. The van der Waals surface area contributed by atoms with E-state index in [1.54, 1.807) is 0 Å². The summed E-state index contributed by atoms with van der Waals surface area (Å²) in [5, 5.41) is 2.64. The molecular weight excluding hydrogens is 338 g/mol. The molecule has 4 nitrogen and oxygen atoms in total. The van der Waals surface area contributed by atoms with Gasteiger partial charge in [0.1, 0.15) is 6.04 Å². The first-order chi connectivity index (χ1) is 13.2. The van der Waals surface area contributed by atoms with E-state index in [1.165, 1.54) is 77.0 Å². The average molecular weight is 380 g/mol. The predicted molar refractivity (Wildman–Crippen MR) is 112 cm³/mol. The van der Waals surface area contributed by atoms with Crippen molar-refractivity contribution in [2.75, 3.05) is 6.61 Å². The minimum atomic E-state index is -0.412. The van der Waals surface area contributed by atoms with Gasteiger partial charge in [0.05, 0.1) is 6.61 Å². The Balaban J connectivity index is 1.77. The van der Waals surface area contributed by atoms with Gasteiger partial charge in [-0.1, -0.05) is 76.9 Å². The quantitative estimate of drug-likeness (QED) is 0.196. The lowest BCUT2D eigenvalue weighted by Crippen LogP contribution is -2.34.